The molecule has 0 saturated carbocycles. The van der Waals surface area contributed by atoms with Gasteiger partial charge in [0.25, 0.3) is 0 Å². The van der Waals surface area contributed by atoms with Crippen molar-refractivity contribution in [2.75, 3.05) is 5.32 Å². The van der Waals surface area contributed by atoms with Crippen LogP contribution in [0.4, 0.5) is 5.69 Å². The third kappa shape index (κ3) is 5.02. The van der Waals surface area contributed by atoms with Crippen LogP contribution in [0, 0.1) is 0 Å². The second kappa shape index (κ2) is 8.40. The van der Waals surface area contributed by atoms with Crippen LogP contribution in [0.5, 0.6) is 0 Å². The summed E-state index contributed by atoms with van der Waals surface area (Å²) in [5.74, 6) is 0.0104. The zero-order valence-corrected chi connectivity index (χ0v) is 16.7. The average molecular weight is 418 g/mol. The average Bonchev–Trinajstić information content (AvgIpc) is 2.86. The van der Waals surface area contributed by atoms with Crippen LogP contribution in [-0.2, 0) is 10.0 Å². The summed E-state index contributed by atoms with van der Waals surface area (Å²) in [6.45, 7) is 1.98. The Bertz CT molecular complexity index is 659. The van der Waals surface area contributed by atoms with Gasteiger partial charge in [0.15, 0.2) is 0 Å². The van der Waals surface area contributed by atoms with Crippen molar-refractivity contribution in [1.29, 1.82) is 0 Å². The zero-order chi connectivity index (χ0) is 16.1. The Morgan fingerprint density at radius 3 is 2.64 bits per heavy atom. The van der Waals surface area contributed by atoms with Crippen LogP contribution in [0.15, 0.2) is 30.3 Å². The van der Waals surface area contributed by atoms with Gasteiger partial charge in [0, 0.05) is 0 Å². The van der Waals surface area contributed by atoms with Gasteiger partial charge >= 0.3 is 151 Å². The molecule has 118 valence electrons. The number of rotatable bonds is 6. The summed E-state index contributed by atoms with van der Waals surface area (Å²) in [6.07, 6.45) is 1.35. The van der Waals surface area contributed by atoms with Gasteiger partial charge in [-0.05, 0) is 0 Å². The van der Waals surface area contributed by atoms with E-state index in [0.717, 1.165) is 16.0 Å². The molecule has 0 bridgehead atoms. The molecule has 1 unspecified atom stereocenters. The van der Waals surface area contributed by atoms with E-state index in [0.29, 0.717) is 17.1 Å². The topological polar surface area (TPSA) is 29.1 Å². The fourth-order valence-electron chi connectivity index (χ4n) is 2.04. The number of carbonyl (C=O) groups excluding carboxylic acids is 1. The van der Waals surface area contributed by atoms with Gasteiger partial charge in [0.05, 0.1) is 0 Å². The number of thiophene rings is 1. The van der Waals surface area contributed by atoms with Crippen LogP contribution in [0.1, 0.15) is 24.6 Å². The van der Waals surface area contributed by atoms with Crippen molar-refractivity contribution in [3.8, 4) is 0 Å². The van der Waals surface area contributed by atoms with Gasteiger partial charge in [-0.15, -0.1) is 0 Å². The normalized spacial score (nSPS) is 12.2. The predicted octanol–water partition coefficient (Wildman–Crippen LogP) is 4.91. The number of hydrogen-bond donors (Lipinski definition) is 1. The first kappa shape index (κ1) is 17.9. The Morgan fingerprint density at radius 1 is 1.27 bits per heavy atom. The summed E-state index contributed by atoms with van der Waals surface area (Å²) in [5.41, 5.74) is 3.01. The number of nitrogens with one attached hydrogen (secondary N) is 1. The summed E-state index contributed by atoms with van der Waals surface area (Å²) >= 11 is 12.8. The maximum absolute atomic E-state index is 11.7. The molecule has 0 aliphatic carbocycles. The van der Waals surface area contributed by atoms with Crippen molar-refractivity contribution < 1.29 is 4.79 Å². The molecule has 1 heterocycles. The van der Waals surface area contributed by atoms with Crippen molar-refractivity contribution in [1.82, 2.24) is 0 Å². The summed E-state index contributed by atoms with van der Waals surface area (Å²) in [7, 11) is 0. The van der Waals surface area contributed by atoms with Gasteiger partial charge in [0.2, 0.25) is 0 Å². The fourth-order valence-corrected chi connectivity index (χ4v) is 7.81. The van der Waals surface area contributed by atoms with Crippen molar-refractivity contribution in [2.45, 2.75) is 30.7 Å². The van der Waals surface area contributed by atoms with Gasteiger partial charge in [-0.25, -0.2) is 0 Å². The Balaban J connectivity index is 2.06. The van der Waals surface area contributed by atoms with Crippen LogP contribution in [-0.4, -0.2) is 20.6 Å². The SMILES string of the molecule is CCCC(=O)Nc1ccc([As](C)Cc2ccc(Cl)s2)cc1Cl. The third-order valence-electron chi connectivity index (χ3n) is 3.17. The van der Waals surface area contributed by atoms with Gasteiger partial charge in [-0.3, -0.25) is 0 Å². The van der Waals surface area contributed by atoms with Crippen molar-refractivity contribution in [2.24, 2.45) is 0 Å². The van der Waals surface area contributed by atoms with Gasteiger partial charge < -0.3 is 0 Å². The Kier molecular flexibility index (Phi) is 6.83. The first-order chi connectivity index (χ1) is 10.5. The molecule has 1 amide bonds. The van der Waals surface area contributed by atoms with Crippen LogP contribution in [0.2, 0.25) is 15.1 Å². The van der Waals surface area contributed by atoms with Crippen LogP contribution in [0.3, 0.4) is 0 Å². The Labute approximate surface area is 150 Å². The number of carbonyl (C=O) groups is 1. The van der Waals surface area contributed by atoms with Crippen LogP contribution in [0.25, 0.3) is 0 Å². The second-order valence-corrected chi connectivity index (χ2v) is 11.9. The molecule has 22 heavy (non-hydrogen) atoms. The molecule has 2 nitrogen and oxygen atoms in total. The molecule has 1 atom stereocenters. The molecule has 2 rings (SSSR count). The molecule has 2 aromatic rings. The molecule has 0 fully saturated rings. The van der Waals surface area contributed by atoms with E-state index in [4.69, 9.17) is 23.2 Å². The Hall–Kier alpha value is -0.472. The molecular weight excluding hydrogens is 400 g/mol. The first-order valence-corrected chi connectivity index (χ1v) is 12.8. The molecule has 1 aromatic carbocycles. The zero-order valence-electron chi connectivity index (χ0n) is 12.5. The van der Waals surface area contributed by atoms with Gasteiger partial charge in [0.1, 0.15) is 0 Å². The van der Waals surface area contributed by atoms with Crippen molar-refractivity contribution in [3.63, 3.8) is 0 Å². The van der Waals surface area contributed by atoms with Crippen LogP contribution < -0.4 is 9.67 Å². The Morgan fingerprint density at radius 2 is 2.05 bits per heavy atom. The van der Waals surface area contributed by atoms with Gasteiger partial charge in [-0.1, -0.05) is 0 Å². The summed E-state index contributed by atoms with van der Waals surface area (Å²) in [4.78, 5) is 13.0. The molecule has 0 saturated heterocycles. The molecule has 1 aromatic heterocycles. The number of hydrogen-bond acceptors (Lipinski definition) is 2. The molecule has 0 aliphatic rings. The maximum atomic E-state index is 11.7. The summed E-state index contributed by atoms with van der Waals surface area (Å²) in [6, 6.07) is 10.0. The van der Waals surface area contributed by atoms with Gasteiger partial charge in [-0.2, -0.15) is 0 Å². The molecule has 0 radical (unpaired) electrons. The third-order valence-corrected chi connectivity index (χ3v) is 9.32. The van der Waals surface area contributed by atoms with E-state index in [2.05, 4.69) is 23.2 Å². The van der Waals surface area contributed by atoms with E-state index in [9.17, 15) is 4.79 Å². The molecule has 6 heteroatoms. The quantitative estimate of drug-likeness (QED) is 0.664. The summed E-state index contributed by atoms with van der Waals surface area (Å²) in [5, 5.41) is 4.55. The van der Waals surface area contributed by atoms with E-state index in [1.165, 1.54) is 9.23 Å². The van der Waals surface area contributed by atoms with Crippen LogP contribution >= 0.6 is 34.5 Å². The van der Waals surface area contributed by atoms with E-state index in [1.54, 1.807) is 11.3 Å². The first-order valence-electron chi connectivity index (χ1n) is 7.04. The number of halogens is 2. The molecule has 1 N–H and O–H groups in total. The number of amides is 1. The van der Waals surface area contributed by atoms with Crippen molar-refractivity contribution in [3.05, 3.63) is 44.6 Å². The van der Waals surface area contributed by atoms with Crippen molar-refractivity contribution >= 4 is 65.1 Å². The number of anilines is 1. The van der Waals surface area contributed by atoms with E-state index < -0.39 is 14.7 Å². The fraction of sp³-hybridized carbons (Fsp3) is 0.312. The second-order valence-electron chi connectivity index (χ2n) is 5.02. The standard InChI is InChI=1S/C16H18AsCl2NOS/c1-3-4-16(21)20-14-7-5-11(9-13(14)18)17(2)10-12-6-8-15(19)22-12/h5-9H,3-4,10H2,1-2H3,(H,20,21). The number of benzene rings is 1. The van der Waals surface area contributed by atoms with E-state index in [1.807, 2.05) is 25.1 Å². The van der Waals surface area contributed by atoms with E-state index in [-0.39, 0.29) is 5.91 Å². The summed E-state index contributed by atoms with van der Waals surface area (Å²) < 4.78 is 2.14. The minimum absolute atomic E-state index is 0.0104. The van der Waals surface area contributed by atoms with E-state index >= 15 is 0 Å². The predicted molar refractivity (Wildman–Crippen MR) is 99.3 cm³/mol. The molecular formula is C16H18AsCl2NOS. The molecule has 0 spiro atoms. The monoisotopic (exact) mass is 417 g/mol. The minimum atomic E-state index is -1.19. The molecule has 0 aliphatic heterocycles.